The fourth-order valence-electron chi connectivity index (χ4n) is 3.02. The predicted molar refractivity (Wildman–Crippen MR) is 93.5 cm³/mol. The Kier molecular flexibility index (Phi) is 5.81. The summed E-state index contributed by atoms with van der Waals surface area (Å²) in [4.78, 5) is 8.20. The molecule has 2 heterocycles. The maximum absolute atomic E-state index is 13.4. The molecule has 0 bridgehead atoms. The molecule has 3 rings (SSSR count). The molecule has 7 heteroatoms. The molecule has 1 atom stereocenters. The van der Waals surface area contributed by atoms with Gasteiger partial charge in [-0.2, -0.15) is 13.2 Å². The van der Waals surface area contributed by atoms with Crippen molar-refractivity contribution in [1.82, 2.24) is 15.3 Å². The predicted octanol–water partition coefficient (Wildman–Crippen LogP) is 4.64. The largest absolute Gasteiger partial charge is 0.401 e. The summed E-state index contributed by atoms with van der Waals surface area (Å²) in [5.74, 6) is -0.937. The molecule has 0 aliphatic rings. The fourth-order valence-corrected chi connectivity index (χ4v) is 3.02. The van der Waals surface area contributed by atoms with E-state index < -0.39 is 30.5 Å². The van der Waals surface area contributed by atoms with Crippen molar-refractivity contribution in [2.24, 2.45) is 0 Å². The maximum Gasteiger partial charge on any atom is 0.401 e. The molecule has 0 spiro atoms. The van der Waals surface area contributed by atoms with Crippen molar-refractivity contribution in [2.75, 3.05) is 6.54 Å². The lowest BCUT2D eigenvalue weighted by atomic mass is 9.83. The quantitative estimate of drug-likeness (QED) is 0.638. The Morgan fingerprint density at radius 2 is 1.37 bits per heavy atom. The first-order valence-corrected chi connectivity index (χ1v) is 8.29. The highest BCUT2D eigenvalue weighted by Crippen LogP contribution is 2.36. The summed E-state index contributed by atoms with van der Waals surface area (Å²) < 4.78 is 52.1. The Labute approximate surface area is 154 Å². The van der Waals surface area contributed by atoms with Crippen molar-refractivity contribution in [3.8, 4) is 0 Å². The van der Waals surface area contributed by atoms with E-state index in [1.807, 2.05) is 0 Å². The number of hydrogen-bond acceptors (Lipinski definition) is 3. The van der Waals surface area contributed by atoms with Gasteiger partial charge in [0.15, 0.2) is 0 Å². The normalized spacial score (nSPS) is 12.9. The fraction of sp³-hybridized carbons (Fsp3) is 0.200. The highest BCUT2D eigenvalue weighted by molar-refractivity contribution is 5.35. The molecule has 3 aromatic rings. The number of pyridine rings is 2. The van der Waals surface area contributed by atoms with Gasteiger partial charge in [-0.05, 0) is 41.0 Å². The average molecular weight is 375 g/mol. The highest BCUT2D eigenvalue weighted by atomic mass is 19.4. The summed E-state index contributed by atoms with van der Waals surface area (Å²) in [5, 5.41) is 2.59. The SMILES string of the molecule is Fc1ccc(C(NCC(F)(F)F)C(c2cccnc2)c2cccnc2)cc1. The number of aromatic nitrogens is 2. The minimum absolute atomic E-state index is 0.451. The smallest absolute Gasteiger partial charge is 0.301 e. The van der Waals surface area contributed by atoms with Crippen molar-refractivity contribution < 1.29 is 17.6 Å². The van der Waals surface area contributed by atoms with E-state index in [-0.39, 0.29) is 0 Å². The molecule has 0 saturated heterocycles. The van der Waals surface area contributed by atoms with E-state index in [0.717, 1.165) is 11.1 Å². The van der Waals surface area contributed by atoms with Gasteiger partial charge in [-0.1, -0.05) is 24.3 Å². The summed E-state index contributed by atoms with van der Waals surface area (Å²) in [5.41, 5.74) is 2.00. The molecule has 1 unspecified atom stereocenters. The molecule has 3 nitrogen and oxygen atoms in total. The van der Waals surface area contributed by atoms with Crippen LogP contribution in [0.2, 0.25) is 0 Å². The van der Waals surface area contributed by atoms with Gasteiger partial charge in [-0.25, -0.2) is 4.39 Å². The van der Waals surface area contributed by atoms with Gasteiger partial charge < -0.3 is 5.32 Å². The van der Waals surface area contributed by atoms with E-state index in [0.29, 0.717) is 5.56 Å². The van der Waals surface area contributed by atoms with Crippen LogP contribution in [0.4, 0.5) is 17.6 Å². The third-order valence-electron chi connectivity index (χ3n) is 4.17. The van der Waals surface area contributed by atoms with Crippen LogP contribution < -0.4 is 5.32 Å². The second-order valence-corrected chi connectivity index (χ2v) is 6.08. The third-order valence-corrected chi connectivity index (χ3v) is 4.17. The molecule has 27 heavy (non-hydrogen) atoms. The van der Waals surface area contributed by atoms with Gasteiger partial charge in [-0.3, -0.25) is 9.97 Å². The van der Waals surface area contributed by atoms with Gasteiger partial charge in [0, 0.05) is 36.7 Å². The van der Waals surface area contributed by atoms with Crippen LogP contribution in [-0.4, -0.2) is 22.7 Å². The van der Waals surface area contributed by atoms with Crippen molar-refractivity contribution in [2.45, 2.75) is 18.1 Å². The number of alkyl halides is 3. The van der Waals surface area contributed by atoms with Crippen LogP contribution in [0.25, 0.3) is 0 Å². The van der Waals surface area contributed by atoms with Crippen LogP contribution in [-0.2, 0) is 0 Å². The van der Waals surface area contributed by atoms with Crippen LogP contribution in [0.5, 0.6) is 0 Å². The van der Waals surface area contributed by atoms with E-state index in [1.165, 1.54) is 24.3 Å². The number of halogens is 4. The number of rotatable bonds is 6. The van der Waals surface area contributed by atoms with Gasteiger partial charge in [-0.15, -0.1) is 0 Å². The third kappa shape index (κ3) is 5.10. The van der Waals surface area contributed by atoms with E-state index in [4.69, 9.17) is 0 Å². The van der Waals surface area contributed by atoms with Crippen molar-refractivity contribution in [3.05, 3.63) is 95.8 Å². The molecule has 2 aromatic heterocycles. The second-order valence-electron chi connectivity index (χ2n) is 6.08. The summed E-state index contributed by atoms with van der Waals surface area (Å²) in [6.45, 7) is -1.17. The molecule has 0 radical (unpaired) electrons. The van der Waals surface area contributed by atoms with Crippen LogP contribution in [0.1, 0.15) is 28.7 Å². The summed E-state index contributed by atoms with van der Waals surface area (Å²) in [7, 11) is 0. The monoisotopic (exact) mass is 375 g/mol. The standard InChI is InChI=1S/C20H17F4N3/c21-17-7-5-14(6-8-17)19(27-13-20(22,23)24)18(15-3-1-9-25-11-15)16-4-2-10-26-12-16/h1-12,18-19,27H,13H2. The molecule has 1 N–H and O–H groups in total. The molecule has 0 aliphatic carbocycles. The zero-order valence-corrected chi connectivity index (χ0v) is 14.2. The van der Waals surface area contributed by atoms with Crippen LogP contribution in [0.3, 0.4) is 0 Å². The lowest BCUT2D eigenvalue weighted by Gasteiger charge is -2.29. The van der Waals surface area contributed by atoms with Gasteiger partial charge in [0.2, 0.25) is 0 Å². The summed E-state index contributed by atoms with van der Waals surface area (Å²) >= 11 is 0. The first-order chi connectivity index (χ1) is 12.9. The highest BCUT2D eigenvalue weighted by Gasteiger charge is 2.33. The Morgan fingerprint density at radius 1 is 0.815 bits per heavy atom. The molecule has 0 aliphatic heterocycles. The van der Waals surface area contributed by atoms with Gasteiger partial charge in [0.05, 0.1) is 6.54 Å². The molecule has 140 valence electrons. The van der Waals surface area contributed by atoms with E-state index in [9.17, 15) is 17.6 Å². The molecule has 0 fully saturated rings. The zero-order valence-electron chi connectivity index (χ0n) is 14.2. The molecular weight excluding hydrogens is 358 g/mol. The number of nitrogens with one attached hydrogen (secondary N) is 1. The molecule has 0 amide bonds. The van der Waals surface area contributed by atoms with Gasteiger partial charge >= 0.3 is 6.18 Å². The summed E-state index contributed by atoms with van der Waals surface area (Å²) in [6.07, 6.45) is 2.04. The van der Waals surface area contributed by atoms with E-state index >= 15 is 0 Å². The first-order valence-electron chi connectivity index (χ1n) is 8.29. The molecular formula is C20H17F4N3. The van der Waals surface area contributed by atoms with Crippen molar-refractivity contribution in [1.29, 1.82) is 0 Å². The topological polar surface area (TPSA) is 37.8 Å². The lowest BCUT2D eigenvalue weighted by molar-refractivity contribution is -0.126. The lowest BCUT2D eigenvalue weighted by Crippen LogP contribution is -2.35. The van der Waals surface area contributed by atoms with Crippen LogP contribution in [0, 0.1) is 5.82 Å². The zero-order chi connectivity index (χ0) is 19.3. The number of benzene rings is 1. The van der Waals surface area contributed by atoms with Crippen molar-refractivity contribution in [3.63, 3.8) is 0 Å². The Bertz CT molecular complexity index is 797. The maximum atomic E-state index is 13.4. The number of nitrogens with zero attached hydrogens (tertiary/aromatic N) is 2. The summed E-state index contributed by atoms with van der Waals surface area (Å²) in [6, 6.07) is 11.8. The van der Waals surface area contributed by atoms with Crippen molar-refractivity contribution >= 4 is 0 Å². The van der Waals surface area contributed by atoms with Crippen LogP contribution >= 0.6 is 0 Å². The Hall–Kier alpha value is -2.80. The minimum Gasteiger partial charge on any atom is -0.301 e. The molecule has 1 aromatic carbocycles. The Morgan fingerprint density at radius 3 is 1.81 bits per heavy atom. The average Bonchev–Trinajstić information content (AvgIpc) is 2.66. The Balaban J connectivity index is 2.07. The van der Waals surface area contributed by atoms with Gasteiger partial charge in [0.1, 0.15) is 5.82 Å². The van der Waals surface area contributed by atoms with E-state index in [2.05, 4.69) is 15.3 Å². The van der Waals surface area contributed by atoms with Crippen LogP contribution in [0.15, 0.2) is 73.3 Å². The molecule has 0 saturated carbocycles. The first kappa shape index (κ1) is 19.0. The van der Waals surface area contributed by atoms with Gasteiger partial charge in [0.25, 0.3) is 0 Å². The van der Waals surface area contributed by atoms with E-state index in [1.54, 1.807) is 49.1 Å². The second kappa shape index (κ2) is 8.26. The minimum atomic E-state index is -4.38. The number of hydrogen-bond donors (Lipinski definition) is 1.